The Morgan fingerprint density at radius 2 is 1.61 bits per heavy atom. The molecule has 1 unspecified atom stereocenters. The summed E-state index contributed by atoms with van der Waals surface area (Å²) >= 11 is 0. The van der Waals surface area contributed by atoms with Crippen LogP contribution in [0, 0.1) is 34.5 Å². The van der Waals surface area contributed by atoms with Crippen molar-refractivity contribution in [3.05, 3.63) is 0 Å². The van der Waals surface area contributed by atoms with E-state index in [4.69, 9.17) is 0 Å². The third-order valence-corrected chi connectivity index (χ3v) is 9.49. The largest absolute Gasteiger partial charge is 0.390 e. The van der Waals surface area contributed by atoms with Gasteiger partial charge in [-0.25, -0.2) is 0 Å². The molecule has 0 amide bonds. The first-order chi connectivity index (χ1) is 10.8. The summed E-state index contributed by atoms with van der Waals surface area (Å²) < 4.78 is 0. The summed E-state index contributed by atoms with van der Waals surface area (Å²) in [5.41, 5.74) is -0.360. The minimum atomic E-state index is -0.854. The van der Waals surface area contributed by atoms with E-state index in [0.717, 1.165) is 37.0 Å². The SMILES string of the molecule is C[C@@H](O)[C@@]1(O)CC[C@H]2[C@@H]3CCC4CCCC[C@]4(C)[C@H]3CC[C@@]21C. The van der Waals surface area contributed by atoms with Gasteiger partial charge in [0.25, 0.3) is 0 Å². The summed E-state index contributed by atoms with van der Waals surface area (Å²) in [6, 6.07) is 0. The number of fused-ring (bicyclic) bond motifs is 5. The maximum absolute atomic E-state index is 11.3. The molecule has 4 aliphatic rings. The van der Waals surface area contributed by atoms with Gasteiger partial charge in [-0.2, -0.15) is 0 Å². The molecule has 8 atom stereocenters. The Kier molecular flexibility index (Phi) is 3.71. The molecule has 2 heteroatoms. The molecule has 0 aromatic heterocycles. The van der Waals surface area contributed by atoms with Crippen LogP contribution in [0.3, 0.4) is 0 Å². The third-order valence-electron chi connectivity index (χ3n) is 9.49. The van der Waals surface area contributed by atoms with Crippen LogP contribution in [-0.4, -0.2) is 21.9 Å². The standard InChI is InChI=1S/C21H36O2/c1-14(22)21(23)13-10-18-16-8-7-15-6-4-5-11-19(15,2)17(16)9-12-20(18,21)3/h14-18,22-23H,4-13H2,1-3H3/t14-,15?,16-,17+,18+,19+,20+,21+/m1/s1. The van der Waals surface area contributed by atoms with E-state index in [-0.39, 0.29) is 5.41 Å². The van der Waals surface area contributed by atoms with Crippen molar-refractivity contribution >= 4 is 0 Å². The van der Waals surface area contributed by atoms with Crippen LogP contribution >= 0.6 is 0 Å². The van der Waals surface area contributed by atoms with Gasteiger partial charge in [-0.1, -0.05) is 26.7 Å². The molecule has 0 spiro atoms. The van der Waals surface area contributed by atoms with Crippen LogP contribution in [-0.2, 0) is 0 Å². The van der Waals surface area contributed by atoms with E-state index < -0.39 is 11.7 Å². The lowest BCUT2D eigenvalue weighted by atomic mass is 9.44. The van der Waals surface area contributed by atoms with Gasteiger partial charge in [0.05, 0.1) is 11.7 Å². The van der Waals surface area contributed by atoms with Gasteiger partial charge >= 0.3 is 0 Å². The number of aliphatic hydroxyl groups excluding tert-OH is 1. The number of rotatable bonds is 1. The Hall–Kier alpha value is -0.0800. The fourth-order valence-electron chi connectivity index (χ4n) is 8.03. The highest BCUT2D eigenvalue weighted by Gasteiger charge is 2.65. The van der Waals surface area contributed by atoms with Crippen molar-refractivity contribution in [1.82, 2.24) is 0 Å². The topological polar surface area (TPSA) is 40.5 Å². The molecule has 4 aliphatic carbocycles. The molecule has 0 aliphatic heterocycles. The van der Waals surface area contributed by atoms with Crippen molar-refractivity contribution in [2.75, 3.05) is 0 Å². The van der Waals surface area contributed by atoms with Gasteiger partial charge < -0.3 is 10.2 Å². The summed E-state index contributed by atoms with van der Waals surface area (Å²) in [6.07, 6.45) is 12.3. The Morgan fingerprint density at radius 1 is 0.870 bits per heavy atom. The Balaban J connectivity index is 1.65. The van der Waals surface area contributed by atoms with E-state index >= 15 is 0 Å². The zero-order chi connectivity index (χ0) is 16.5. The molecular weight excluding hydrogens is 284 g/mol. The van der Waals surface area contributed by atoms with Crippen molar-refractivity contribution in [2.24, 2.45) is 34.5 Å². The molecule has 4 saturated carbocycles. The van der Waals surface area contributed by atoms with Crippen LogP contribution in [0.1, 0.15) is 85.0 Å². The van der Waals surface area contributed by atoms with Crippen LogP contribution in [0.15, 0.2) is 0 Å². The molecule has 23 heavy (non-hydrogen) atoms. The lowest BCUT2D eigenvalue weighted by molar-refractivity contribution is -0.183. The maximum atomic E-state index is 11.3. The summed E-state index contributed by atoms with van der Waals surface area (Å²) in [7, 11) is 0. The minimum Gasteiger partial charge on any atom is -0.390 e. The Bertz CT molecular complexity index is 474. The van der Waals surface area contributed by atoms with Crippen molar-refractivity contribution in [3.63, 3.8) is 0 Å². The second kappa shape index (κ2) is 5.21. The monoisotopic (exact) mass is 320 g/mol. The first kappa shape index (κ1) is 16.4. The van der Waals surface area contributed by atoms with Crippen LogP contribution in [0.25, 0.3) is 0 Å². The summed E-state index contributed by atoms with van der Waals surface area (Å²) in [5.74, 6) is 3.25. The highest BCUT2D eigenvalue weighted by atomic mass is 16.3. The lowest BCUT2D eigenvalue weighted by Crippen LogP contribution is -2.58. The number of hydrogen-bond acceptors (Lipinski definition) is 2. The fourth-order valence-corrected chi connectivity index (χ4v) is 8.03. The van der Waals surface area contributed by atoms with Crippen molar-refractivity contribution in [3.8, 4) is 0 Å². The second-order valence-electron chi connectivity index (χ2n) is 10.00. The zero-order valence-corrected chi connectivity index (χ0v) is 15.4. The molecular formula is C21H36O2. The molecule has 0 radical (unpaired) electrons. The van der Waals surface area contributed by atoms with Crippen LogP contribution in [0.2, 0.25) is 0 Å². The predicted molar refractivity (Wildman–Crippen MR) is 93.0 cm³/mol. The van der Waals surface area contributed by atoms with Gasteiger partial charge in [-0.15, -0.1) is 0 Å². The minimum absolute atomic E-state index is 0.0692. The first-order valence-corrected chi connectivity index (χ1v) is 10.2. The van der Waals surface area contributed by atoms with Crippen molar-refractivity contribution in [1.29, 1.82) is 0 Å². The van der Waals surface area contributed by atoms with Crippen molar-refractivity contribution in [2.45, 2.75) is 96.7 Å². The second-order valence-corrected chi connectivity index (χ2v) is 10.00. The van der Waals surface area contributed by atoms with Gasteiger partial charge in [-0.05, 0) is 87.4 Å². The van der Waals surface area contributed by atoms with Crippen LogP contribution in [0.5, 0.6) is 0 Å². The van der Waals surface area contributed by atoms with Crippen LogP contribution in [0.4, 0.5) is 0 Å². The summed E-state index contributed by atoms with van der Waals surface area (Å²) in [6.45, 7) is 6.70. The average molecular weight is 321 g/mol. The Morgan fingerprint density at radius 3 is 2.35 bits per heavy atom. The summed E-state index contributed by atoms with van der Waals surface area (Å²) in [5, 5.41) is 21.6. The lowest BCUT2D eigenvalue weighted by Gasteiger charge is -2.61. The third kappa shape index (κ3) is 2.00. The average Bonchev–Trinajstić information content (AvgIpc) is 2.80. The van der Waals surface area contributed by atoms with E-state index in [1.54, 1.807) is 6.92 Å². The van der Waals surface area contributed by atoms with E-state index in [1.165, 1.54) is 44.9 Å². The highest BCUT2D eigenvalue weighted by Crippen LogP contribution is 2.68. The predicted octanol–water partition coefficient (Wildman–Crippen LogP) is 4.53. The zero-order valence-electron chi connectivity index (χ0n) is 15.4. The van der Waals surface area contributed by atoms with E-state index in [2.05, 4.69) is 13.8 Å². The molecule has 0 aromatic carbocycles. The van der Waals surface area contributed by atoms with Gasteiger partial charge in [0.2, 0.25) is 0 Å². The van der Waals surface area contributed by atoms with E-state index in [1.807, 2.05) is 0 Å². The molecule has 2 N–H and O–H groups in total. The number of hydrogen-bond donors (Lipinski definition) is 2. The Labute approximate surface area is 142 Å². The molecule has 0 heterocycles. The summed E-state index contributed by atoms with van der Waals surface area (Å²) in [4.78, 5) is 0. The van der Waals surface area contributed by atoms with Gasteiger partial charge in [-0.3, -0.25) is 0 Å². The number of aliphatic hydroxyl groups is 2. The first-order valence-electron chi connectivity index (χ1n) is 10.2. The molecule has 0 saturated heterocycles. The fraction of sp³-hybridized carbons (Fsp3) is 1.00. The molecule has 132 valence electrons. The van der Waals surface area contributed by atoms with Crippen LogP contribution < -0.4 is 0 Å². The van der Waals surface area contributed by atoms with Gasteiger partial charge in [0.15, 0.2) is 0 Å². The quantitative estimate of drug-likeness (QED) is 0.745. The van der Waals surface area contributed by atoms with E-state index in [0.29, 0.717) is 11.3 Å². The molecule has 4 rings (SSSR count). The molecule has 2 nitrogen and oxygen atoms in total. The van der Waals surface area contributed by atoms with Gasteiger partial charge in [0.1, 0.15) is 0 Å². The maximum Gasteiger partial charge on any atom is 0.0958 e. The smallest absolute Gasteiger partial charge is 0.0958 e. The molecule has 4 fully saturated rings. The van der Waals surface area contributed by atoms with Crippen molar-refractivity contribution < 1.29 is 10.2 Å². The highest BCUT2D eigenvalue weighted by molar-refractivity contribution is 5.15. The molecule has 0 aromatic rings. The molecule has 0 bridgehead atoms. The van der Waals surface area contributed by atoms with Gasteiger partial charge in [0, 0.05) is 5.41 Å². The normalized spacial score (nSPS) is 57.3. The van der Waals surface area contributed by atoms with E-state index in [9.17, 15) is 10.2 Å².